The second-order valence-electron chi connectivity index (χ2n) is 4.72. The van der Waals surface area contributed by atoms with Gasteiger partial charge in [0.05, 0.1) is 13.0 Å². The van der Waals surface area contributed by atoms with E-state index in [2.05, 4.69) is 11.7 Å². The quantitative estimate of drug-likeness (QED) is 0.734. The lowest BCUT2D eigenvalue weighted by molar-refractivity contribution is -0.0591. The number of amides is 1. The second-order valence-corrected chi connectivity index (χ2v) is 4.72. The molecule has 0 aromatic heterocycles. The third-order valence-corrected chi connectivity index (χ3v) is 3.38. The van der Waals surface area contributed by atoms with Crippen LogP contribution in [0.5, 0.6) is 0 Å². The van der Waals surface area contributed by atoms with Gasteiger partial charge in [-0.25, -0.2) is 4.79 Å². The van der Waals surface area contributed by atoms with Crippen LogP contribution in [-0.4, -0.2) is 48.8 Å². The Morgan fingerprint density at radius 1 is 1.58 bits per heavy atom. The van der Waals surface area contributed by atoms with Crippen molar-refractivity contribution in [2.75, 3.05) is 26.3 Å². The first kappa shape index (κ1) is 13.7. The molecule has 0 atom stereocenters. The minimum absolute atomic E-state index is 0.251. The normalized spacial score (nSPS) is 20.7. The standard InChI is InChI=1S/C13H20N2O4/c1-3-9-18-11-10-13(19-14-11)5-7-15(8-6-13)12(16)17-4-2/h3H,1,4-10H2,2H3. The number of carbonyl (C=O) groups excluding carboxylic acids is 1. The zero-order valence-electron chi connectivity index (χ0n) is 11.3. The van der Waals surface area contributed by atoms with Crippen molar-refractivity contribution in [1.29, 1.82) is 0 Å². The lowest BCUT2D eigenvalue weighted by atomic mass is 9.89. The van der Waals surface area contributed by atoms with Crippen molar-refractivity contribution in [2.24, 2.45) is 5.16 Å². The van der Waals surface area contributed by atoms with Gasteiger partial charge in [0.15, 0.2) is 0 Å². The Bertz CT molecular complexity index is 373. The molecule has 1 saturated heterocycles. The number of likely N-dealkylation sites (tertiary alicyclic amines) is 1. The maximum atomic E-state index is 11.6. The van der Waals surface area contributed by atoms with Gasteiger partial charge in [0.1, 0.15) is 12.2 Å². The average molecular weight is 268 g/mol. The van der Waals surface area contributed by atoms with Crippen LogP contribution in [0.15, 0.2) is 17.8 Å². The minimum atomic E-state index is -0.306. The monoisotopic (exact) mass is 268 g/mol. The van der Waals surface area contributed by atoms with Gasteiger partial charge < -0.3 is 19.2 Å². The summed E-state index contributed by atoms with van der Waals surface area (Å²) in [6.07, 6.45) is 3.58. The zero-order valence-corrected chi connectivity index (χ0v) is 11.3. The first-order valence-electron chi connectivity index (χ1n) is 6.59. The Morgan fingerprint density at radius 3 is 2.95 bits per heavy atom. The summed E-state index contributed by atoms with van der Waals surface area (Å²) in [6.45, 7) is 7.50. The van der Waals surface area contributed by atoms with Crippen molar-refractivity contribution in [3.63, 3.8) is 0 Å². The number of piperidine rings is 1. The van der Waals surface area contributed by atoms with E-state index < -0.39 is 0 Å². The highest BCUT2D eigenvalue weighted by Gasteiger charge is 2.43. The Labute approximate surface area is 113 Å². The smallest absolute Gasteiger partial charge is 0.409 e. The molecule has 6 heteroatoms. The summed E-state index contributed by atoms with van der Waals surface area (Å²) in [4.78, 5) is 18.8. The van der Waals surface area contributed by atoms with Gasteiger partial charge in [0.2, 0.25) is 5.90 Å². The van der Waals surface area contributed by atoms with Crippen LogP contribution in [0.3, 0.4) is 0 Å². The van der Waals surface area contributed by atoms with Crippen molar-refractivity contribution >= 4 is 12.0 Å². The molecule has 0 aromatic rings. The summed E-state index contributed by atoms with van der Waals surface area (Å²) in [5, 5.41) is 3.97. The van der Waals surface area contributed by atoms with Crippen molar-refractivity contribution in [3.05, 3.63) is 12.7 Å². The van der Waals surface area contributed by atoms with Crippen molar-refractivity contribution in [3.8, 4) is 0 Å². The molecule has 0 radical (unpaired) electrons. The molecule has 1 fully saturated rings. The number of oxime groups is 1. The Kier molecular flexibility index (Phi) is 4.29. The highest BCUT2D eigenvalue weighted by molar-refractivity contribution is 5.78. The maximum Gasteiger partial charge on any atom is 0.409 e. The van der Waals surface area contributed by atoms with E-state index >= 15 is 0 Å². The van der Waals surface area contributed by atoms with Crippen LogP contribution in [-0.2, 0) is 14.3 Å². The van der Waals surface area contributed by atoms with Crippen LogP contribution in [0.4, 0.5) is 4.79 Å². The highest BCUT2D eigenvalue weighted by Crippen LogP contribution is 2.34. The molecule has 2 rings (SSSR count). The largest absolute Gasteiger partial charge is 0.474 e. The zero-order chi connectivity index (χ0) is 13.7. The van der Waals surface area contributed by atoms with Crippen molar-refractivity contribution in [1.82, 2.24) is 4.90 Å². The van der Waals surface area contributed by atoms with E-state index in [0.29, 0.717) is 38.6 Å². The van der Waals surface area contributed by atoms with E-state index in [1.807, 2.05) is 0 Å². The predicted molar refractivity (Wildman–Crippen MR) is 69.8 cm³/mol. The minimum Gasteiger partial charge on any atom is -0.474 e. The molecule has 2 aliphatic heterocycles. The molecule has 2 heterocycles. The first-order chi connectivity index (χ1) is 9.19. The molecular formula is C13H20N2O4. The number of ether oxygens (including phenoxy) is 2. The fourth-order valence-corrected chi connectivity index (χ4v) is 2.30. The lowest BCUT2D eigenvalue weighted by Crippen LogP contribution is -2.47. The van der Waals surface area contributed by atoms with Gasteiger partial charge in [-0.15, -0.1) is 0 Å². The third kappa shape index (κ3) is 3.19. The summed E-state index contributed by atoms with van der Waals surface area (Å²) in [5.74, 6) is 0.615. The van der Waals surface area contributed by atoms with Crippen LogP contribution in [0.25, 0.3) is 0 Å². The molecule has 6 nitrogen and oxygen atoms in total. The molecule has 1 spiro atoms. The number of rotatable bonds is 3. The van der Waals surface area contributed by atoms with Gasteiger partial charge in [-0.05, 0) is 6.92 Å². The Hall–Kier alpha value is -1.72. The molecule has 0 unspecified atom stereocenters. The molecule has 0 N–H and O–H groups in total. The number of hydrogen-bond acceptors (Lipinski definition) is 5. The van der Waals surface area contributed by atoms with Gasteiger partial charge in [-0.2, -0.15) is 0 Å². The topological polar surface area (TPSA) is 60.4 Å². The van der Waals surface area contributed by atoms with Gasteiger partial charge in [-0.3, -0.25) is 0 Å². The van der Waals surface area contributed by atoms with Gasteiger partial charge >= 0.3 is 6.09 Å². The molecule has 0 saturated carbocycles. The van der Waals surface area contributed by atoms with Crippen LogP contribution < -0.4 is 0 Å². The molecule has 106 valence electrons. The Morgan fingerprint density at radius 2 is 2.32 bits per heavy atom. The first-order valence-corrected chi connectivity index (χ1v) is 6.59. The molecule has 19 heavy (non-hydrogen) atoms. The molecule has 0 aromatic carbocycles. The molecule has 1 amide bonds. The molecule has 0 bridgehead atoms. The van der Waals surface area contributed by atoms with E-state index in [1.165, 1.54) is 0 Å². The fraction of sp³-hybridized carbons (Fsp3) is 0.692. The van der Waals surface area contributed by atoms with E-state index in [9.17, 15) is 4.79 Å². The van der Waals surface area contributed by atoms with Gasteiger partial charge in [-0.1, -0.05) is 17.8 Å². The number of nitrogens with zero attached hydrogens (tertiary/aromatic N) is 2. The molecule has 2 aliphatic rings. The summed E-state index contributed by atoms with van der Waals surface area (Å²) in [7, 11) is 0. The highest BCUT2D eigenvalue weighted by atomic mass is 16.7. The predicted octanol–water partition coefficient (Wildman–Crippen LogP) is 1.91. The van der Waals surface area contributed by atoms with Crippen LogP contribution >= 0.6 is 0 Å². The van der Waals surface area contributed by atoms with E-state index in [0.717, 1.165) is 12.8 Å². The third-order valence-electron chi connectivity index (χ3n) is 3.38. The second kappa shape index (κ2) is 5.95. The SMILES string of the molecule is C=CCOC1=NOC2(CCN(C(=O)OCC)CC2)C1. The molecule has 0 aliphatic carbocycles. The summed E-state index contributed by atoms with van der Waals surface area (Å²) in [5.41, 5.74) is -0.306. The summed E-state index contributed by atoms with van der Waals surface area (Å²) in [6, 6.07) is 0. The van der Waals surface area contributed by atoms with E-state index in [4.69, 9.17) is 14.3 Å². The fourth-order valence-electron chi connectivity index (χ4n) is 2.30. The number of carbonyl (C=O) groups is 1. The average Bonchev–Trinajstić information content (AvgIpc) is 2.81. The van der Waals surface area contributed by atoms with E-state index in [1.54, 1.807) is 17.9 Å². The van der Waals surface area contributed by atoms with Crippen molar-refractivity contribution in [2.45, 2.75) is 31.8 Å². The van der Waals surface area contributed by atoms with Crippen LogP contribution in [0.1, 0.15) is 26.2 Å². The summed E-state index contributed by atoms with van der Waals surface area (Å²) >= 11 is 0. The maximum absolute atomic E-state index is 11.6. The summed E-state index contributed by atoms with van der Waals surface area (Å²) < 4.78 is 10.4. The van der Waals surface area contributed by atoms with E-state index in [-0.39, 0.29) is 11.7 Å². The lowest BCUT2D eigenvalue weighted by Gasteiger charge is -2.36. The van der Waals surface area contributed by atoms with Crippen LogP contribution in [0, 0.1) is 0 Å². The Balaban J connectivity index is 1.81. The van der Waals surface area contributed by atoms with Gasteiger partial charge in [0.25, 0.3) is 0 Å². The van der Waals surface area contributed by atoms with Crippen molar-refractivity contribution < 1.29 is 19.1 Å². The molecular weight excluding hydrogens is 248 g/mol. The van der Waals surface area contributed by atoms with Crippen LogP contribution in [0.2, 0.25) is 0 Å². The number of hydrogen-bond donors (Lipinski definition) is 0. The van der Waals surface area contributed by atoms with Gasteiger partial charge in [0, 0.05) is 25.9 Å².